The van der Waals surface area contributed by atoms with Crippen LogP contribution in [0.15, 0.2) is 42.0 Å². The molecule has 2 heterocycles. The summed E-state index contributed by atoms with van der Waals surface area (Å²) in [5.74, 6) is -1.32. The number of benzene rings is 1. The smallest absolute Gasteiger partial charge is 0.387 e. The molecule has 27 heavy (non-hydrogen) atoms. The molecule has 0 unspecified atom stereocenters. The van der Waals surface area contributed by atoms with Crippen LogP contribution in [0.25, 0.3) is 5.69 Å². The molecule has 0 radical (unpaired) electrons. The Morgan fingerprint density at radius 3 is 2.63 bits per heavy atom. The lowest BCUT2D eigenvalue weighted by Crippen LogP contribution is -2.16. The summed E-state index contributed by atoms with van der Waals surface area (Å²) >= 11 is 1.13. The van der Waals surface area contributed by atoms with Crippen molar-refractivity contribution in [2.24, 2.45) is 0 Å². The van der Waals surface area contributed by atoms with E-state index >= 15 is 0 Å². The topological polar surface area (TPSA) is 95.3 Å². The molecule has 1 amide bonds. The number of nitrogens with one attached hydrogen (secondary N) is 1. The zero-order chi connectivity index (χ0) is 19.4. The summed E-state index contributed by atoms with van der Waals surface area (Å²) in [6, 6.07) is 7.23. The summed E-state index contributed by atoms with van der Waals surface area (Å²) in [4.78, 5) is 28.1. The Labute approximate surface area is 155 Å². The van der Waals surface area contributed by atoms with Crippen LogP contribution in [-0.2, 0) is 4.74 Å². The van der Waals surface area contributed by atoms with E-state index in [1.54, 1.807) is 11.4 Å². The third-order valence-corrected chi connectivity index (χ3v) is 4.20. The summed E-state index contributed by atoms with van der Waals surface area (Å²) in [6.07, 6.45) is 1.30. The first-order valence-electron chi connectivity index (χ1n) is 7.42. The first kappa shape index (κ1) is 18.5. The van der Waals surface area contributed by atoms with Crippen molar-refractivity contribution in [2.45, 2.75) is 6.61 Å². The van der Waals surface area contributed by atoms with Crippen molar-refractivity contribution in [3.05, 3.63) is 52.7 Å². The van der Waals surface area contributed by atoms with Gasteiger partial charge in [0.05, 0.1) is 18.5 Å². The van der Waals surface area contributed by atoms with Gasteiger partial charge < -0.3 is 14.8 Å². The highest BCUT2D eigenvalue weighted by Gasteiger charge is 2.18. The highest BCUT2D eigenvalue weighted by atomic mass is 32.1. The minimum absolute atomic E-state index is 0.000343. The summed E-state index contributed by atoms with van der Waals surface area (Å²) in [7, 11) is 1.24. The molecule has 3 rings (SSSR count). The maximum absolute atomic E-state index is 12.3. The number of carbonyl (C=O) groups excluding carboxylic acids is 2. The largest absolute Gasteiger partial charge is 0.465 e. The van der Waals surface area contributed by atoms with Crippen LogP contribution in [0.1, 0.15) is 20.3 Å². The van der Waals surface area contributed by atoms with Crippen molar-refractivity contribution in [3.8, 4) is 11.4 Å². The van der Waals surface area contributed by atoms with Gasteiger partial charge in [0.1, 0.15) is 17.0 Å². The summed E-state index contributed by atoms with van der Waals surface area (Å²) in [5.41, 5.74) is 0.788. The third-order valence-electron chi connectivity index (χ3n) is 3.31. The van der Waals surface area contributed by atoms with Gasteiger partial charge in [0.25, 0.3) is 5.91 Å². The second kappa shape index (κ2) is 7.91. The molecule has 8 nitrogen and oxygen atoms in total. The number of aromatic nitrogens is 3. The number of nitrogens with zero attached hydrogens (tertiary/aromatic N) is 3. The number of amides is 1. The fourth-order valence-electron chi connectivity index (χ4n) is 2.11. The van der Waals surface area contributed by atoms with E-state index in [4.69, 9.17) is 0 Å². The summed E-state index contributed by atoms with van der Waals surface area (Å²) < 4.78 is 34.6. The van der Waals surface area contributed by atoms with Gasteiger partial charge in [-0.25, -0.2) is 14.5 Å². The lowest BCUT2D eigenvalue weighted by Gasteiger charge is -2.05. The molecule has 1 aromatic carbocycles. The van der Waals surface area contributed by atoms with E-state index in [-0.39, 0.29) is 16.5 Å². The van der Waals surface area contributed by atoms with Crippen LogP contribution in [-0.4, -0.2) is 40.4 Å². The molecule has 0 aliphatic carbocycles. The van der Waals surface area contributed by atoms with Gasteiger partial charge in [-0.05, 0) is 35.7 Å². The molecular formula is C16H12F2N4O4S. The van der Waals surface area contributed by atoms with Gasteiger partial charge in [0.15, 0.2) is 0 Å². The Morgan fingerprint density at radius 2 is 1.96 bits per heavy atom. The number of halogens is 2. The van der Waals surface area contributed by atoms with Crippen molar-refractivity contribution in [1.29, 1.82) is 0 Å². The molecule has 0 saturated heterocycles. The molecule has 140 valence electrons. The average molecular weight is 394 g/mol. The number of hydrogen-bond acceptors (Lipinski definition) is 7. The standard InChI is InChI=1S/C16H12F2N4O4S/c1-25-15(24)12-11(6-7-27-12)20-14(23)13-19-8-22(21-13)9-2-4-10(5-3-9)26-16(17)18/h2-8,16H,1H3,(H,20,23). The Morgan fingerprint density at radius 1 is 1.22 bits per heavy atom. The second-order valence-electron chi connectivity index (χ2n) is 4.99. The lowest BCUT2D eigenvalue weighted by molar-refractivity contribution is -0.0498. The average Bonchev–Trinajstić information content (AvgIpc) is 3.31. The molecule has 0 fully saturated rings. The number of ether oxygens (including phenoxy) is 2. The SMILES string of the molecule is COC(=O)c1sccc1NC(=O)c1ncn(-c2ccc(OC(F)F)cc2)n1. The van der Waals surface area contributed by atoms with E-state index < -0.39 is 18.5 Å². The molecule has 0 aliphatic heterocycles. The molecular weight excluding hydrogens is 382 g/mol. The van der Waals surface area contributed by atoms with Crippen molar-refractivity contribution in [2.75, 3.05) is 12.4 Å². The molecule has 0 saturated carbocycles. The van der Waals surface area contributed by atoms with Crippen LogP contribution in [0.5, 0.6) is 5.75 Å². The van der Waals surface area contributed by atoms with Crippen molar-refractivity contribution >= 4 is 28.9 Å². The van der Waals surface area contributed by atoms with Crippen LogP contribution in [0.3, 0.4) is 0 Å². The number of anilines is 1. The molecule has 11 heteroatoms. The van der Waals surface area contributed by atoms with Crippen LogP contribution in [0.4, 0.5) is 14.5 Å². The highest BCUT2D eigenvalue weighted by Crippen LogP contribution is 2.23. The quantitative estimate of drug-likeness (QED) is 0.646. The van der Waals surface area contributed by atoms with E-state index in [0.717, 1.165) is 11.3 Å². The molecule has 0 spiro atoms. The number of carbonyl (C=O) groups is 2. The molecule has 1 N–H and O–H groups in total. The maximum atomic E-state index is 12.3. The zero-order valence-corrected chi connectivity index (χ0v) is 14.6. The zero-order valence-electron chi connectivity index (χ0n) is 13.8. The fourth-order valence-corrected chi connectivity index (χ4v) is 2.87. The van der Waals surface area contributed by atoms with Crippen molar-refractivity contribution in [1.82, 2.24) is 14.8 Å². The Balaban J connectivity index is 1.73. The number of methoxy groups -OCH3 is 1. The van der Waals surface area contributed by atoms with E-state index in [1.807, 2.05) is 0 Å². The van der Waals surface area contributed by atoms with Crippen LogP contribution in [0.2, 0.25) is 0 Å². The Kier molecular flexibility index (Phi) is 5.41. The van der Waals surface area contributed by atoms with Gasteiger partial charge in [-0.2, -0.15) is 8.78 Å². The van der Waals surface area contributed by atoms with E-state index in [1.165, 1.54) is 42.4 Å². The van der Waals surface area contributed by atoms with Crippen molar-refractivity contribution < 1.29 is 27.8 Å². The van der Waals surface area contributed by atoms with Crippen LogP contribution < -0.4 is 10.1 Å². The minimum Gasteiger partial charge on any atom is -0.465 e. The maximum Gasteiger partial charge on any atom is 0.387 e. The molecule has 0 aliphatic rings. The van der Waals surface area contributed by atoms with Gasteiger partial charge >= 0.3 is 12.6 Å². The summed E-state index contributed by atoms with van der Waals surface area (Å²) in [6.45, 7) is -2.91. The molecule has 0 bridgehead atoms. The number of esters is 1. The molecule has 2 aromatic heterocycles. The third kappa shape index (κ3) is 4.26. The molecule has 0 atom stereocenters. The van der Waals surface area contributed by atoms with E-state index in [2.05, 4.69) is 24.9 Å². The van der Waals surface area contributed by atoms with Crippen molar-refractivity contribution in [3.63, 3.8) is 0 Å². The van der Waals surface area contributed by atoms with Gasteiger partial charge in [0.2, 0.25) is 5.82 Å². The van der Waals surface area contributed by atoms with Crippen LogP contribution >= 0.6 is 11.3 Å². The first-order chi connectivity index (χ1) is 13.0. The monoisotopic (exact) mass is 394 g/mol. The minimum atomic E-state index is -2.91. The Bertz CT molecular complexity index is 955. The number of rotatable bonds is 6. The number of alkyl halides is 2. The first-order valence-corrected chi connectivity index (χ1v) is 8.30. The van der Waals surface area contributed by atoms with Crippen LogP contribution in [0, 0.1) is 0 Å². The normalized spacial score (nSPS) is 10.7. The number of thiophene rings is 1. The van der Waals surface area contributed by atoms with E-state index in [9.17, 15) is 18.4 Å². The predicted molar refractivity (Wildman–Crippen MR) is 91.6 cm³/mol. The van der Waals surface area contributed by atoms with Gasteiger partial charge in [-0.15, -0.1) is 16.4 Å². The fraction of sp³-hybridized carbons (Fsp3) is 0.125. The highest BCUT2D eigenvalue weighted by molar-refractivity contribution is 7.12. The predicted octanol–water partition coefficient (Wildman–Crippen LogP) is 2.97. The van der Waals surface area contributed by atoms with Gasteiger partial charge in [0, 0.05) is 0 Å². The second-order valence-corrected chi connectivity index (χ2v) is 5.91. The number of hydrogen-bond donors (Lipinski definition) is 1. The summed E-state index contributed by atoms with van der Waals surface area (Å²) in [5, 5.41) is 8.22. The van der Waals surface area contributed by atoms with E-state index in [0.29, 0.717) is 11.4 Å². The lowest BCUT2D eigenvalue weighted by atomic mass is 10.3. The Hall–Kier alpha value is -3.34. The van der Waals surface area contributed by atoms with Gasteiger partial charge in [-0.3, -0.25) is 4.79 Å². The van der Waals surface area contributed by atoms with Gasteiger partial charge in [-0.1, -0.05) is 0 Å². The molecule has 3 aromatic rings.